The summed E-state index contributed by atoms with van der Waals surface area (Å²) in [5.74, 6) is 0.668. The van der Waals surface area contributed by atoms with Gasteiger partial charge in [-0.3, -0.25) is 0 Å². The van der Waals surface area contributed by atoms with Gasteiger partial charge in [0.2, 0.25) is 0 Å². The summed E-state index contributed by atoms with van der Waals surface area (Å²) in [6.45, 7) is 6.36. The number of hydrogen-bond donors (Lipinski definition) is 0. The molecule has 0 aliphatic heterocycles. The van der Waals surface area contributed by atoms with E-state index in [-0.39, 0.29) is 0 Å². The number of halogens is 1. The van der Waals surface area contributed by atoms with Crippen LogP contribution in [0.4, 0.5) is 0 Å². The molecular formula is C6H13Cl. The first-order valence-corrected chi connectivity index (χ1v) is 3.26. The van der Waals surface area contributed by atoms with Crippen molar-refractivity contribution in [2.24, 2.45) is 5.92 Å². The predicted molar refractivity (Wildman–Crippen MR) is 34.8 cm³/mol. The van der Waals surface area contributed by atoms with Gasteiger partial charge < -0.3 is 0 Å². The standard InChI is InChI=1S/C6H13Cl/c1-4-5(2)6(3)7/h5-6H,4H2,1-3H3/t5-,6-/m1/s1. The van der Waals surface area contributed by atoms with Gasteiger partial charge in [-0.15, -0.1) is 11.6 Å². The fraction of sp³-hybridized carbons (Fsp3) is 1.00. The van der Waals surface area contributed by atoms with Crippen LogP contribution in [0.15, 0.2) is 0 Å². The van der Waals surface area contributed by atoms with E-state index in [2.05, 4.69) is 13.8 Å². The molecule has 0 heterocycles. The van der Waals surface area contributed by atoms with Crippen LogP contribution >= 0.6 is 11.6 Å². The van der Waals surface area contributed by atoms with E-state index < -0.39 is 0 Å². The van der Waals surface area contributed by atoms with E-state index in [4.69, 9.17) is 11.6 Å². The van der Waals surface area contributed by atoms with Gasteiger partial charge in [0.05, 0.1) is 0 Å². The van der Waals surface area contributed by atoms with Crippen molar-refractivity contribution in [2.75, 3.05) is 0 Å². The van der Waals surface area contributed by atoms with Crippen LogP contribution in [0.25, 0.3) is 0 Å². The first-order valence-electron chi connectivity index (χ1n) is 2.82. The molecule has 0 fully saturated rings. The molecule has 0 aliphatic rings. The normalized spacial score (nSPS) is 18.9. The summed E-state index contributed by atoms with van der Waals surface area (Å²) in [6, 6.07) is 0. The van der Waals surface area contributed by atoms with Gasteiger partial charge in [0.25, 0.3) is 0 Å². The fourth-order valence-electron chi connectivity index (χ4n) is 0.325. The van der Waals surface area contributed by atoms with Crippen LogP contribution < -0.4 is 0 Å². The third kappa shape index (κ3) is 2.93. The number of hydrogen-bond acceptors (Lipinski definition) is 0. The van der Waals surface area contributed by atoms with E-state index in [1.807, 2.05) is 6.92 Å². The Labute approximate surface area is 50.9 Å². The molecule has 0 nitrogen and oxygen atoms in total. The van der Waals surface area contributed by atoms with Gasteiger partial charge in [0.1, 0.15) is 0 Å². The van der Waals surface area contributed by atoms with E-state index in [0.29, 0.717) is 11.3 Å². The highest BCUT2D eigenvalue weighted by atomic mass is 35.5. The molecule has 44 valence electrons. The average Bonchev–Trinajstić information content (AvgIpc) is 1.65. The first kappa shape index (κ1) is 7.29. The minimum atomic E-state index is 0.338. The third-order valence-electron chi connectivity index (χ3n) is 1.43. The first-order chi connectivity index (χ1) is 3.18. The predicted octanol–water partition coefficient (Wildman–Crippen LogP) is 2.66. The minimum Gasteiger partial charge on any atom is -0.123 e. The van der Waals surface area contributed by atoms with Gasteiger partial charge in [-0.05, 0) is 12.8 Å². The zero-order chi connectivity index (χ0) is 5.86. The topological polar surface area (TPSA) is 0 Å². The second-order valence-electron chi connectivity index (χ2n) is 2.06. The van der Waals surface area contributed by atoms with Gasteiger partial charge >= 0.3 is 0 Å². The van der Waals surface area contributed by atoms with Gasteiger partial charge in [-0.1, -0.05) is 20.3 Å². The van der Waals surface area contributed by atoms with Crippen molar-refractivity contribution in [1.29, 1.82) is 0 Å². The molecule has 0 amide bonds. The molecule has 2 atom stereocenters. The molecule has 0 unspecified atom stereocenters. The van der Waals surface area contributed by atoms with Crippen molar-refractivity contribution in [3.63, 3.8) is 0 Å². The van der Waals surface area contributed by atoms with Crippen molar-refractivity contribution >= 4 is 11.6 Å². The van der Waals surface area contributed by atoms with Gasteiger partial charge in [0.15, 0.2) is 0 Å². The zero-order valence-corrected chi connectivity index (χ0v) is 6.00. The Bertz CT molecular complexity index is 41.4. The van der Waals surface area contributed by atoms with E-state index in [1.54, 1.807) is 0 Å². The lowest BCUT2D eigenvalue weighted by Gasteiger charge is -2.08. The Morgan fingerprint density at radius 1 is 1.43 bits per heavy atom. The average molecular weight is 121 g/mol. The molecule has 0 aliphatic carbocycles. The third-order valence-corrected chi connectivity index (χ3v) is 1.86. The highest BCUT2D eigenvalue weighted by Crippen LogP contribution is 2.11. The molecule has 1 heteroatoms. The van der Waals surface area contributed by atoms with Crippen LogP contribution in [-0.2, 0) is 0 Å². The molecule has 0 saturated heterocycles. The Morgan fingerprint density at radius 2 is 1.86 bits per heavy atom. The van der Waals surface area contributed by atoms with Crippen molar-refractivity contribution < 1.29 is 0 Å². The van der Waals surface area contributed by atoms with Crippen LogP contribution in [-0.4, -0.2) is 5.38 Å². The maximum Gasteiger partial charge on any atom is 0.0333 e. The van der Waals surface area contributed by atoms with Crippen LogP contribution in [0.5, 0.6) is 0 Å². The molecule has 0 spiro atoms. The molecule has 0 aromatic heterocycles. The quantitative estimate of drug-likeness (QED) is 0.492. The van der Waals surface area contributed by atoms with Crippen LogP contribution in [0.1, 0.15) is 27.2 Å². The molecule has 0 radical (unpaired) electrons. The van der Waals surface area contributed by atoms with E-state index >= 15 is 0 Å². The monoisotopic (exact) mass is 120 g/mol. The zero-order valence-electron chi connectivity index (χ0n) is 5.24. The molecule has 0 aromatic rings. The van der Waals surface area contributed by atoms with Crippen LogP contribution in [0, 0.1) is 5.92 Å². The summed E-state index contributed by atoms with van der Waals surface area (Å²) in [7, 11) is 0. The molecule has 0 saturated carbocycles. The molecule has 0 aromatic carbocycles. The summed E-state index contributed by atoms with van der Waals surface area (Å²) < 4.78 is 0. The van der Waals surface area contributed by atoms with Crippen LogP contribution in [0.2, 0.25) is 0 Å². The summed E-state index contributed by atoms with van der Waals surface area (Å²) >= 11 is 5.73. The van der Waals surface area contributed by atoms with E-state index in [0.717, 1.165) is 0 Å². The second-order valence-corrected chi connectivity index (χ2v) is 2.75. The fourth-order valence-corrected chi connectivity index (χ4v) is 0.503. The van der Waals surface area contributed by atoms with E-state index in [9.17, 15) is 0 Å². The lowest BCUT2D eigenvalue weighted by molar-refractivity contribution is 0.552. The van der Waals surface area contributed by atoms with E-state index in [1.165, 1.54) is 6.42 Å². The Kier molecular flexibility index (Phi) is 3.45. The van der Waals surface area contributed by atoms with Gasteiger partial charge in [-0.2, -0.15) is 0 Å². The lowest BCUT2D eigenvalue weighted by atomic mass is 10.1. The molecule has 0 N–H and O–H groups in total. The maximum absolute atomic E-state index is 5.73. The largest absolute Gasteiger partial charge is 0.123 e. The minimum absolute atomic E-state index is 0.338. The summed E-state index contributed by atoms with van der Waals surface area (Å²) in [5.41, 5.74) is 0. The van der Waals surface area contributed by atoms with Crippen molar-refractivity contribution in [3.05, 3.63) is 0 Å². The molecule has 0 rings (SSSR count). The van der Waals surface area contributed by atoms with Crippen LogP contribution in [0.3, 0.4) is 0 Å². The second kappa shape index (κ2) is 3.31. The highest BCUT2D eigenvalue weighted by Gasteiger charge is 2.03. The SMILES string of the molecule is CC[C@@H](C)[C@@H](C)Cl. The summed E-state index contributed by atoms with van der Waals surface area (Å²) in [5, 5.41) is 0.338. The maximum atomic E-state index is 5.73. The van der Waals surface area contributed by atoms with Gasteiger partial charge in [-0.25, -0.2) is 0 Å². The number of alkyl halides is 1. The molecule has 7 heavy (non-hydrogen) atoms. The Hall–Kier alpha value is 0.290. The lowest BCUT2D eigenvalue weighted by Crippen LogP contribution is -2.03. The van der Waals surface area contributed by atoms with Crippen molar-refractivity contribution in [3.8, 4) is 0 Å². The smallest absolute Gasteiger partial charge is 0.0333 e. The number of rotatable bonds is 2. The van der Waals surface area contributed by atoms with Gasteiger partial charge in [0, 0.05) is 5.38 Å². The summed E-state index contributed by atoms with van der Waals surface area (Å²) in [6.07, 6.45) is 1.19. The molecular weight excluding hydrogens is 108 g/mol. The Morgan fingerprint density at radius 3 is 1.86 bits per heavy atom. The Balaban J connectivity index is 3.14. The van der Waals surface area contributed by atoms with Crippen molar-refractivity contribution in [1.82, 2.24) is 0 Å². The molecule has 0 bridgehead atoms. The van der Waals surface area contributed by atoms with Crippen molar-refractivity contribution in [2.45, 2.75) is 32.6 Å². The summed E-state index contributed by atoms with van der Waals surface area (Å²) in [4.78, 5) is 0. The highest BCUT2D eigenvalue weighted by molar-refractivity contribution is 6.20.